The highest BCUT2D eigenvalue weighted by molar-refractivity contribution is 5.70. The van der Waals surface area contributed by atoms with Gasteiger partial charge in [-0.05, 0) is 0 Å². The normalized spacial score (nSPS) is 16.8. The molecule has 1 amide bonds. The van der Waals surface area contributed by atoms with E-state index >= 15 is 0 Å². The molecule has 0 radical (unpaired) electrons. The van der Waals surface area contributed by atoms with Gasteiger partial charge in [0.2, 0.25) is 0 Å². The van der Waals surface area contributed by atoms with Gasteiger partial charge in [0.05, 0.1) is 12.6 Å². The van der Waals surface area contributed by atoms with Gasteiger partial charge in [0.25, 0.3) is 0 Å². The number of carbonyl (C=O) groups excluding carboxylic acids is 1. The summed E-state index contributed by atoms with van der Waals surface area (Å²) in [6.07, 6.45) is 3.05. The summed E-state index contributed by atoms with van der Waals surface area (Å²) < 4.78 is 4.74. The van der Waals surface area contributed by atoms with Crippen molar-refractivity contribution in [1.29, 1.82) is 0 Å². The zero-order valence-corrected chi connectivity index (χ0v) is 6.32. The molecular weight excluding hydrogens is 142 g/mol. The zero-order chi connectivity index (χ0) is 8.27. The van der Waals surface area contributed by atoms with Crippen LogP contribution in [0.4, 0.5) is 4.79 Å². The predicted octanol–water partition coefficient (Wildman–Crippen LogP) is 1.18. The molecule has 0 bridgehead atoms. The van der Waals surface area contributed by atoms with Crippen LogP contribution in [0.5, 0.6) is 0 Å². The largest absolute Gasteiger partial charge is 0.448 e. The molecule has 3 heteroatoms. The minimum absolute atomic E-state index is 0.0926. The lowest BCUT2D eigenvalue weighted by Gasteiger charge is -2.17. The van der Waals surface area contributed by atoms with Crippen LogP contribution in [0.1, 0.15) is 0 Å². The maximum absolute atomic E-state index is 10.9. The highest BCUT2D eigenvalue weighted by Crippen LogP contribution is 2.09. The lowest BCUT2D eigenvalue weighted by atomic mass is 10.2. The Morgan fingerprint density at radius 3 is 2.55 bits per heavy atom. The van der Waals surface area contributed by atoms with Gasteiger partial charge < -0.3 is 4.74 Å². The van der Waals surface area contributed by atoms with E-state index in [1.807, 2.05) is 0 Å². The fraction of sp³-hybridized carbons (Fsp3) is 0.375. The van der Waals surface area contributed by atoms with E-state index in [4.69, 9.17) is 4.74 Å². The fourth-order valence-corrected chi connectivity index (χ4v) is 1.03. The van der Waals surface area contributed by atoms with E-state index in [2.05, 4.69) is 13.2 Å². The van der Waals surface area contributed by atoms with Crippen LogP contribution in [0.25, 0.3) is 0 Å². The minimum Gasteiger partial charge on any atom is -0.448 e. The monoisotopic (exact) mass is 153 g/mol. The van der Waals surface area contributed by atoms with E-state index in [0.717, 1.165) is 0 Å². The third-order valence-corrected chi connectivity index (χ3v) is 1.64. The summed E-state index contributed by atoms with van der Waals surface area (Å²) in [4.78, 5) is 12.5. The van der Waals surface area contributed by atoms with E-state index in [1.165, 1.54) is 0 Å². The van der Waals surface area contributed by atoms with Crippen molar-refractivity contribution >= 4 is 6.09 Å². The van der Waals surface area contributed by atoms with Gasteiger partial charge in [0, 0.05) is 0 Å². The van der Waals surface area contributed by atoms with Crippen molar-refractivity contribution in [2.45, 2.75) is 6.04 Å². The maximum Gasteiger partial charge on any atom is 0.410 e. The summed E-state index contributed by atoms with van der Waals surface area (Å²) >= 11 is 0. The SMILES string of the molecule is C=CC(C=C)N1CCOC1=O. The summed E-state index contributed by atoms with van der Waals surface area (Å²) in [5.41, 5.74) is 0. The predicted molar refractivity (Wildman–Crippen MR) is 42.2 cm³/mol. The molecule has 1 heterocycles. The first-order valence-electron chi connectivity index (χ1n) is 3.48. The highest BCUT2D eigenvalue weighted by Gasteiger charge is 2.25. The minimum atomic E-state index is -0.283. The number of rotatable bonds is 3. The average Bonchev–Trinajstić information content (AvgIpc) is 2.40. The van der Waals surface area contributed by atoms with Crippen LogP contribution in [0.3, 0.4) is 0 Å². The van der Waals surface area contributed by atoms with E-state index in [0.29, 0.717) is 13.2 Å². The number of cyclic esters (lactones) is 1. The van der Waals surface area contributed by atoms with E-state index < -0.39 is 0 Å². The van der Waals surface area contributed by atoms with Gasteiger partial charge in [0.15, 0.2) is 0 Å². The Morgan fingerprint density at radius 2 is 2.18 bits per heavy atom. The molecule has 0 aromatic rings. The Labute approximate surface area is 65.9 Å². The van der Waals surface area contributed by atoms with E-state index in [9.17, 15) is 4.79 Å². The van der Waals surface area contributed by atoms with Gasteiger partial charge in [-0.2, -0.15) is 0 Å². The number of hydrogen-bond acceptors (Lipinski definition) is 2. The molecule has 0 saturated carbocycles. The van der Waals surface area contributed by atoms with Crippen molar-refractivity contribution in [3.8, 4) is 0 Å². The van der Waals surface area contributed by atoms with E-state index in [-0.39, 0.29) is 12.1 Å². The van der Waals surface area contributed by atoms with Crippen molar-refractivity contribution in [1.82, 2.24) is 4.90 Å². The topological polar surface area (TPSA) is 29.5 Å². The first kappa shape index (κ1) is 7.85. The van der Waals surface area contributed by atoms with Crippen molar-refractivity contribution < 1.29 is 9.53 Å². The van der Waals surface area contributed by atoms with Crippen molar-refractivity contribution in [2.24, 2.45) is 0 Å². The summed E-state index contributed by atoms with van der Waals surface area (Å²) in [6.45, 7) is 8.28. The number of ether oxygens (including phenoxy) is 1. The second kappa shape index (κ2) is 3.23. The van der Waals surface area contributed by atoms with Gasteiger partial charge in [0.1, 0.15) is 6.61 Å². The molecule has 0 aliphatic carbocycles. The van der Waals surface area contributed by atoms with Crippen molar-refractivity contribution in [2.75, 3.05) is 13.2 Å². The molecule has 11 heavy (non-hydrogen) atoms. The van der Waals surface area contributed by atoms with Gasteiger partial charge in [-0.25, -0.2) is 4.79 Å². The number of amides is 1. The van der Waals surface area contributed by atoms with Crippen LogP contribution in [-0.2, 0) is 4.74 Å². The Hall–Kier alpha value is -1.25. The molecule has 0 spiro atoms. The van der Waals surface area contributed by atoms with Crippen molar-refractivity contribution in [3.63, 3.8) is 0 Å². The average molecular weight is 153 g/mol. The van der Waals surface area contributed by atoms with Crippen LogP contribution >= 0.6 is 0 Å². The molecule has 0 atom stereocenters. The third-order valence-electron chi connectivity index (χ3n) is 1.64. The van der Waals surface area contributed by atoms with Crippen LogP contribution < -0.4 is 0 Å². The first-order valence-corrected chi connectivity index (χ1v) is 3.48. The van der Waals surface area contributed by atoms with Gasteiger partial charge in [-0.3, -0.25) is 4.90 Å². The van der Waals surface area contributed by atoms with Crippen LogP contribution in [0, 0.1) is 0 Å². The summed E-state index contributed by atoms with van der Waals surface area (Å²) in [6, 6.07) is -0.0926. The zero-order valence-electron chi connectivity index (χ0n) is 6.32. The smallest absolute Gasteiger partial charge is 0.410 e. The molecule has 0 unspecified atom stereocenters. The Kier molecular flexibility index (Phi) is 2.31. The Morgan fingerprint density at radius 1 is 1.55 bits per heavy atom. The molecule has 1 aliphatic rings. The van der Waals surface area contributed by atoms with Crippen LogP contribution in [0.2, 0.25) is 0 Å². The molecular formula is C8H11NO2. The lowest BCUT2D eigenvalue weighted by Crippen LogP contribution is -2.32. The highest BCUT2D eigenvalue weighted by atomic mass is 16.6. The first-order chi connectivity index (χ1) is 5.29. The second-order valence-corrected chi connectivity index (χ2v) is 2.27. The number of nitrogens with zero attached hydrogens (tertiary/aromatic N) is 1. The summed E-state index contributed by atoms with van der Waals surface area (Å²) in [7, 11) is 0. The standard InChI is InChI=1S/C8H11NO2/c1-3-7(4-2)9-5-6-11-8(9)10/h3-4,7H,1-2,5-6H2. The van der Waals surface area contributed by atoms with Gasteiger partial charge in [-0.15, -0.1) is 13.2 Å². The Bertz CT molecular complexity index is 181. The molecule has 0 aromatic carbocycles. The van der Waals surface area contributed by atoms with Gasteiger partial charge >= 0.3 is 6.09 Å². The molecule has 0 aromatic heterocycles. The van der Waals surface area contributed by atoms with Crippen LogP contribution in [0.15, 0.2) is 25.3 Å². The second-order valence-electron chi connectivity index (χ2n) is 2.27. The maximum atomic E-state index is 10.9. The molecule has 0 N–H and O–H groups in total. The fourth-order valence-electron chi connectivity index (χ4n) is 1.03. The number of hydrogen-bond donors (Lipinski definition) is 0. The molecule has 60 valence electrons. The van der Waals surface area contributed by atoms with Crippen molar-refractivity contribution in [3.05, 3.63) is 25.3 Å². The lowest BCUT2D eigenvalue weighted by molar-refractivity contribution is 0.156. The molecule has 1 rings (SSSR count). The quantitative estimate of drug-likeness (QED) is 0.570. The molecule has 3 nitrogen and oxygen atoms in total. The number of carbonyl (C=O) groups is 1. The molecule has 1 aliphatic heterocycles. The van der Waals surface area contributed by atoms with E-state index in [1.54, 1.807) is 17.1 Å². The van der Waals surface area contributed by atoms with Gasteiger partial charge in [-0.1, -0.05) is 12.2 Å². The summed E-state index contributed by atoms with van der Waals surface area (Å²) in [5.74, 6) is 0. The van der Waals surface area contributed by atoms with Crippen LogP contribution in [-0.4, -0.2) is 30.2 Å². The Balaban J connectivity index is 2.63. The molecule has 1 saturated heterocycles. The third kappa shape index (κ3) is 1.42. The molecule has 1 fully saturated rings. The summed E-state index contributed by atoms with van der Waals surface area (Å²) in [5, 5.41) is 0.